The Morgan fingerprint density at radius 1 is 1.38 bits per heavy atom. The molecule has 1 heterocycles. The smallest absolute Gasteiger partial charge is 0.335 e. The van der Waals surface area contributed by atoms with Crippen molar-refractivity contribution in [3.05, 3.63) is 41.5 Å². The molecule has 0 saturated carbocycles. The van der Waals surface area contributed by atoms with Crippen molar-refractivity contribution in [3.8, 4) is 0 Å². The molecule has 2 rings (SSSR count). The Morgan fingerprint density at radius 2 is 2.10 bits per heavy atom. The topological polar surface area (TPSA) is 66.8 Å². The van der Waals surface area contributed by atoms with Gasteiger partial charge in [-0.15, -0.1) is 0 Å². The molecule has 0 radical (unpaired) electrons. The minimum absolute atomic E-state index is 0.0900. The van der Waals surface area contributed by atoms with E-state index in [2.05, 4.69) is 0 Å². The van der Waals surface area contributed by atoms with Crippen molar-refractivity contribution in [2.75, 3.05) is 20.2 Å². The van der Waals surface area contributed by atoms with Gasteiger partial charge in [-0.1, -0.05) is 12.1 Å². The molecule has 1 atom stereocenters. The Morgan fingerprint density at radius 3 is 2.67 bits per heavy atom. The van der Waals surface area contributed by atoms with E-state index in [1.165, 1.54) is 18.2 Å². The van der Waals surface area contributed by atoms with Gasteiger partial charge in [-0.2, -0.15) is 0 Å². The van der Waals surface area contributed by atoms with Crippen molar-refractivity contribution in [2.45, 2.75) is 18.9 Å². The summed E-state index contributed by atoms with van der Waals surface area (Å²) in [6.07, 6.45) is 5.36. The highest BCUT2D eigenvalue weighted by Gasteiger charge is 2.18. The Hall–Kier alpha value is -2.14. The fourth-order valence-corrected chi connectivity index (χ4v) is 2.22. The summed E-state index contributed by atoms with van der Waals surface area (Å²) in [4.78, 5) is 24.3. The Balaban J connectivity index is 1.89. The van der Waals surface area contributed by atoms with Crippen LogP contribution in [0.4, 0.5) is 0 Å². The molecule has 1 aromatic rings. The number of benzene rings is 1. The maximum atomic E-state index is 12.0. The first-order chi connectivity index (χ1) is 10.1. The molecule has 0 spiro atoms. The van der Waals surface area contributed by atoms with E-state index >= 15 is 0 Å². The van der Waals surface area contributed by atoms with E-state index in [4.69, 9.17) is 9.84 Å². The number of carbonyl (C=O) groups excluding carboxylic acids is 1. The molecule has 1 N–H and O–H groups in total. The van der Waals surface area contributed by atoms with Gasteiger partial charge in [0.1, 0.15) is 0 Å². The largest absolute Gasteiger partial charge is 0.478 e. The van der Waals surface area contributed by atoms with E-state index in [1.54, 1.807) is 30.2 Å². The lowest BCUT2D eigenvalue weighted by molar-refractivity contribution is -0.126. The lowest BCUT2D eigenvalue weighted by atomic mass is 10.1. The highest BCUT2D eigenvalue weighted by Crippen LogP contribution is 2.13. The van der Waals surface area contributed by atoms with Gasteiger partial charge in [0.25, 0.3) is 0 Å². The summed E-state index contributed by atoms with van der Waals surface area (Å²) >= 11 is 0. The molecular weight excluding hydrogens is 270 g/mol. The second-order valence-corrected chi connectivity index (χ2v) is 5.11. The zero-order valence-electron chi connectivity index (χ0n) is 12.0. The van der Waals surface area contributed by atoms with Gasteiger partial charge in [0.15, 0.2) is 0 Å². The highest BCUT2D eigenvalue weighted by molar-refractivity contribution is 5.92. The number of hydrogen-bond acceptors (Lipinski definition) is 3. The quantitative estimate of drug-likeness (QED) is 0.842. The van der Waals surface area contributed by atoms with Crippen LogP contribution in [-0.2, 0) is 9.53 Å². The summed E-state index contributed by atoms with van der Waals surface area (Å²) < 4.78 is 5.50. The summed E-state index contributed by atoms with van der Waals surface area (Å²) in [5.41, 5.74) is 1.02. The fraction of sp³-hybridized carbons (Fsp3) is 0.375. The zero-order valence-corrected chi connectivity index (χ0v) is 12.0. The Labute approximate surface area is 123 Å². The summed E-state index contributed by atoms with van der Waals surface area (Å²) in [5, 5.41) is 8.81. The third-order valence-corrected chi connectivity index (χ3v) is 3.45. The van der Waals surface area contributed by atoms with E-state index in [9.17, 15) is 9.59 Å². The van der Waals surface area contributed by atoms with Crippen molar-refractivity contribution in [1.29, 1.82) is 0 Å². The van der Waals surface area contributed by atoms with Crippen LogP contribution >= 0.6 is 0 Å². The van der Waals surface area contributed by atoms with Gasteiger partial charge in [0.2, 0.25) is 5.91 Å². The second-order valence-electron chi connectivity index (χ2n) is 5.11. The van der Waals surface area contributed by atoms with Crippen molar-refractivity contribution >= 4 is 18.0 Å². The minimum atomic E-state index is -0.960. The molecule has 5 nitrogen and oxygen atoms in total. The lowest BCUT2D eigenvalue weighted by Gasteiger charge is -2.19. The van der Waals surface area contributed by atoms with Gasteiger partial charge in [-0.05, 0) is 36.6 Å². The normalized spacial score (nSPS) is 18.0. The van der Waals surface area contributed by atoms with E-state index in [0.29, 0.717) is 6.54 Å². The number of hydrogen-bond donors (Lipinski definition) is 1. The molecule has 0 aliphatic carbocycles. The van der Waals surface area contributed by atoms with Crippen LogP contribution in [0, 0.1) is 0 Å². The summed E-state index contributed by atoms with van der Waals surface area (Å²) in [5.74, 6) is -1.05. The summed E-state index contributed by atoms with van der Waals surface area (Å²) in [6.45, 7) is 1.37. The molecular formula is C16H19NO4. The second kappa shape index (κ2) is 7.04. The van der Waals surface area contributed by atoms with Gasteiger partial charge < -0.3 is 14.7 Å². The predicted octanol–water partition coefficient (Wildman–Crippen LogP) is 2.04. The molecule has 1 fully saturated rings. The van der Waals surface area contributed by atoms with Gasteiger partial charge in [0.05, 0.1) is 11.7 Å². The molecule has 5 heteroatoms. The van der Waals surface area contributed by atoms with Crippen LogP contribution in [0.25, 0.3) is 6.08 Å². The maximum absolute atomic E-state index is 12.0. The average Bonchev–Trinajstić information content (AvgIpc) is 2.98. The molecule has 112 valence electrons. The van der Waals surface area contributed by atoms with Crippen molar-refractivity contribution < 1.29 is 19.4 Å². The predicted molar refractivity (Wildman–Crippen MR) is 79.0 cm³/mol. The van der Waals surface area contributed by atoms with E-state index in [-0.39, 0.29) is 17.6 Å². The van der Waals surface area contributed by atoms with E-state index in [0.717, 1.165) is 25.0 Å². The van der Waals surface area contributed by atoms with Crippen LogP contribution in [0.3, 0.4) is 0 Å². The maximum Gasteiger partial charge on any atom is 0.335 e. The molecule has 0 aromatic heterocycles. The number of carbonyl (C=O) groups is 2. The van der Waals surface area contributed by atoms with Crippen LogP contribution in [0.2, 0.25) is 0 Å². The molecule has 1 saturated heterocycles. The monoisotopic (exact) mass is 289 g/mol. The zero-order chi connectivity index (χ0) is 15.2. The molecule has 1 aliphatic heterocycles. The third-order valence-electron chi connectivity index (χ3n) is 3.45. The third kappa shape index (κ3) is 4.43. The van der Waals surface area contributed by atoms with Crippen molar-refractivity contribution in [2.24, 2.45) is 0 Å². The number of rotatable bonds is 5. The number of nitrogens with zero attached hydrogens (tertiary/aromatic N) is 1. The molecule has 1 aromatic carbocycles. The molecule has 1 unspecified atom stereocenters. The van der Waals surface area contributed by atoms with Crippen LogP contribution < -0.4 is 0 Å². The average molecular weight is 289 g/mol. The van der Waals surface area contributed by atoms with Gasteiger partial charge in [-0.3, -0.25) is 4.79 Å². The lowest BCUT2D eigenvalue weighted by Crippen LogP contribution is -2.32. The number of aromatic carboxylic acids is 1. The van der Waals surface area contributed by atoms with Gasteiger partial charge in [-0.25, -0.2) is 4.79 Å². The number of likely N-dealkylation sites (N-methyl/N-ethyl adjacent to an activating group) is 1. The number of ether oxygens (including phenoxy) is 1. The number of carboxylic acids is 1. The summed E-state index contributed by atoms with van der Waals surface area (Å²) in [7, 11) is 1.75. The molecule has 21 heavy (non-hydrogen) atoms. The SMILES string of the molecule is CN(CC1CCCO1)C(=O)/C=C/c1ccc(C(=O)O)cc1. The van der Waals surface area contributed by atoms with Gasteiger partial charge in [0, 0.05) is 26.3 Å². The first-order valence-electron chi connectivity index (χ1n) is 6.94. The van der Waals surface area contributed by atoms with E-state index in [1.807, 2.05) is 0 Å². The Kier molecular flexibility index (Phi) is 5.11. The van der Waals surface area contributed by atoms with Gasteiger partial charge >= 0.3 is 5.97 Å². The first-order valence-corrected chi connectivity index (χ1v) is 6.94. The molecule has 1 amide bonds. The van der Waals surface area contributed by atoms with Crippen LogP contribution in [0.5, 0.6) is 0 Å². The first kappa shape index (κ1) is 15.3. The standard InChI is InChI=1S/C16H19NO4/c1-17(11-14-3-2-10-21-14)15(18)9-6-12-4-7-13(8-5-12)16(19)20/h4-9,14H,2-3,10-11H2,1H3,(H,19,20)/b9-6+. The van der Waals surface area contributed by atoms with Crippen molar-refractivity contribution in [1.82, 2.24) is 4.90 Å². The van der Waals surface area contributed by atoms with Crippen LogP contribution in [0.15, 0.2) is 30.3 Å². The summed E-state index contributed by atoms with van der Waals surface area (Å²) in [6, 6.07) is 6.38. The highest BCUT2D eigenvalue weighted by atomic mass is 16.5. The van der Waals surface area contributed by atoms with E-state index < -0.39 is 5.97 Å². The number of amides is 1. The number of carboxylic acid groups (broad SMARTS) is 1. The van der Waals surface area contributed by atoms with Crippen LogP contribution in [0.1, 0.15) is 28.8 Å². The molecule has 1 aliphatic rings. The van der Waals surface area contributed by atoms with Crippen molar-refractivity contribution in [3.63, 3.8) is 0 Å². The van der Waals surface area contributed by atoms with Crippen LogP contribution in [-0.4, -0.2) is 48.2 Å². The molecule has 0 bridgehead atoms. The fourth-order valence-electron chi connectivity index (χ4n) is 2.22. The minimum Gasteiger partial charge on any atom is -0.478 e. The Bertz CT molecular complexity index is 530.